The molecular formula is C11H8Br2N2O3. The Morgan fingerprint density at radius 3 is 2.33 bits per heavy atom. The number of imide groups is 2. The van der Waals surface area contributed by atoms with Crippen LogP contribution in [0.15, 0.2) is 30.3 Å². The second-order valence-electron chi connectivity index (χ2n) is 3.71. The van der Waals surface area contributed by atoms with Gasteiger partial charge in [0, 0.05) is 0 Å². The largest absolute Gasteiger partial charge is 0.331 e. The van der Waals surface area contributed by atoms with E-state index in [1.54, 1.807) is 12.1 Å². The minimum Gasteiger partial charge on any atom is -0.275 e. The smallest absolute Gasteiger partial charge is 0.275 e. The summed E-state index contributed by atoms with van der Waals surface area (Å²) in [6.45, 7) is 0.109. The molecule has 0 radical (unpaired) electrons. The fourth-order valence-corrected chi connectivity index (χ4v) is 2.14. The van der Waals surface area contributed by atoms with Crippen LogP contribution in [0.4, 0.5) is 4.79 Å². The van der Waals surface area contributed by atoms with E-state index in [2.05, 4.69) is 37.2 Å². The monoisotopic (exact) mass is 374 g/mol. The van der Waals surface area contributed by atoms with Gasteiger partial charge in [0.25, 0.3) is 11.8 Å². The average molecular weight is 376 g/mol. The lowest BCUT2D eigenvalue weighted by molar-refractivity contribution is -0.136. The topological polar surface area (TPSA) is 66.5 Å². The first kappa shape index (κ1) is 13.2. The molecule has 1 aliphatic rings. The number of barbiturate groups is 1. The van der Waals surface area contributed by atoms with Gasteiger partial charge in [-0.15, -0.1) is 0 Å². The number of carbonyl (C=O) groups excluding carboxylic acids is 3. The molecule has 0 saturated carbocycles. The van der Waals surface area contributed by atoms with Crippen LogP contribution in [0.3, 0.4) is 0 Å². The lowest BCUT2D eigenvalue weighted by Crippen LogP contribution is -2.62. The Morgan fingerprint density at radius 2 is 1.72 bits per heavy atom. The molecule has 0 aromatic heterocycles. The van der Waals surface area contributed by atoms with Crippen molar-refractivity contribution in [2.24, 2.45) is 0 Å². The van der Waals surface area contributed by atoms with E-state index in [0.29, 0.717) is 0 Å². The van der Waals surface area contributed by atoms with Crippen LogP contribution in [-0.4, -0.2) is 26.0 Å². The molecule has 0 spiro atoms. The number of nitrogens with one attached hydrogen (secondary N) is 1. The first-order chi connectivity index (χ1) is 8.43. The first-order valence-electron chi connectivity index (χ1n) is 5.02. The van der Waals surface area contributed by atoms with Crippen molar-refractivity contribution in [2.45, 2.75) is 9.78 Å². The van der Waals surface area contributed by atoms with Crippen molar-refractivity contribution < 1.29 is 14.4 Å². The number of urea groups is 1. The van der Waals surface area contributed by atoms with E-state index >= 15 is 0 Å². The van der Waals surface area contributed by atoms with E-state index in [0.717, 1.165) is 10.5 Å². The third-order valence-corrected chi connectivity index (χ3v) is 3.85. The molecular weight excluding hydrogens is 368 g/mol. The van der Waals surface area contributed by atoms with E-state index in [-0.39, 0.29) is 6.54 Å². The number of nitrogens with zero attached hydrogens (tertiary/aromatic N) is 1. The molecule has 1 aromatic rings. The predicted octanol–water partition coefficient (Wildman–Crippen LogP) is 1.75. The predicted molar refractivity (Wildman–Crippen MR) is 71.1 cm³/mol. The Balaban J connectivity index is 2.25. The normalized spacial score (nSPS) is 18.8. The van der Waals surface area contributed by atoms with E-state index in [4.69, 9.17) is 0 Å². The molecule has 2 rings (SSSR count). The van der Waals surface area contributed by atoms with Crippen LogP contribution in [0.25, 0.3) is 0 Å². The van der Waals surface area contributed by atoms with Crippen LogP contribution in [0.5, 0.6) is 0 Å². The number of benzene rings is 1. The molecule has 1 fully saturated rings. The molecule has 4 amide bonds. The number of carbonyl (C=O) groups is 3. The Morgan fingerprint density at radius 1 is 1.11 bits per heavy atom. The highest BCUT2D eigenvalue weighted by molar-refractivity contribution is 9.26. The van der Waals surface area contributed by atoms with Crippen molar-refractivity contribution >= 4 is 49.7 Å². The van der Waals surface area contributed by atoms with E-state index in [9.17, 15) is 14.4 Å². The zero-order chi connectivity index (χ0) is 13.3. The molecule has 1 heterocycles. The van der Waals surface area contributed by atoms with Crippen LogP contribution in [0, 0.1) is 0 Å². The van der Waals surface area contributed by atoms with Crippen LogP contribution in [0.1, 0.15) is 5.56 Å². The number of hydrogen-bond acceptors (Lipinski definition) is 3. The maximum absolute atomic E-state index is 12.0. The maximum atomic E-state index is 12.0. The van der Waals surface area contributed by atoms with Gasteiger partial charge in [-0.25, -0.2) is 4.79 Å². The molecule has 0 atom stereocenters. The standard InChI is InChI=1S/C11H8Br2N2O3/c12-11(13)8(16)14-10(18)15(9(11)17)6-7-4-2-1-3-5-7/h1-5H,6H2,(H,14,16,18). The highest BCUT2D eigenvalue weighted by Gasteiger charge is 2.50. The van der Waals surface area contributed by atoms with Crippen molar-refractivity contribution in [3.63, 3.8) is 0 Å². The van der Waals surface area contributed by atoms with Gasteiger partial charge in [-0.05, 0) is 5.56 Å². The number of hydrogen-bond donors (Lipinski definition) is 1. The van der Waals surface area contributed by atoms with Crippen LogP contribution >= 0.6 is 31.9 Å². The van der Waals surface area contributed by atoms with Gasteiger partial charge in [-0.1, -0.05) is 62.2 Å². The van der Waals surface area contributed by atoms with Crippen molar-refractivity contribution in [1.29, 1.82) is 0 Å². The van der Waals surface area contributed by atoms with Gasteiger partial charge in [0.2, 0.25) is 3.23 Å². The highest BCUT2D eigenvalue weighted by atomic mass is 79.9. The zero-order valence-corrected chi connectivity index (χ0v) is 12.2. The number of alkyl halides is 2. The van der Waals surface area contributed by atoms with Crippen LogP contribution in [0.2, 0.25) is 0 Å². The second-order valence-corrected chi connectivity index (χ2v) is 7.15. The molecule has 0 aliphatic carbocycles. The van der Waals surface area contributed by atoms with Crippen molar-refractivity contribution in [3.05, 3.63) is 35.9 Å². The van der Waals surface area contributed by atoms with Crippen molar-refractivity contribution in [1.82, 2.24) is 10.2 Å². The maximum Gasteiger partial charge on any atom is 0.331 e. The number of rotatable bonds is 2. The summed E-state index contributed by atoms with van der Waals surface area (Å²) in [5.41, 5.74) is 0.797. The minimum atomic E-state index is -1.58. The Labute approximate surface area is 120 Å². The van der Waals surface area contributed by atoms with E-state index in [1.165, 1.54) is 0 Å². The summed E-state index contributed by atoms with van der Waals surface area (Å²) in [6, 6.07) is 8.32. The van der Waals surface area contributed by atoms with E-state index < -0.39 is 21.1 Å². The molecule has 0 bridgehead atoms. The molecule has 1 aromatic carbocycles. The zero-order valence-electron chi connectivity index (χ0n) is 9.02. The molecule has 7 heteroatoms. The quantitative estimate of drug-likeness (QED) is 0.632. The summed E-state index contributed by atoms with van der Waals surface area (Å²) in [5.74, 6) is -1.36. The third kappa shape index (κ3) is 2.32. The van der Waals surface area contributed by atoms with Gasteiger partial charge in [-0.2, -0.15) is 0 Å². The Kier molecular flexibility index (Phi) is 3.54. The van der Waals surface area contributed by atoms with Gasteiger partial charge >= 0.3 is 6.03 Å². The fraction of sp³-hybridized carbons (Fsp3) is 0.182. The minimum absolute atomic E-state index is 0.109. The molecule has 1 aliphatic heterocycles. The molecule has 1 saturated heterocycles. The molecule has 5 nitrogen and oxygen atoms in total. The SMILES string of the molecule is O=C1NC(=O)C(Br)(Br)C(=O)N1Cc1ccccc1. The molecule has 0 unspecified atom stereocenters. The fourth-order valence-electron chi connectivity index (χ4n) is 1.51. The number of halogens is 2. The van der Waals surface area contributed by atoms with Crippen molar-refractivity contribution in [2.75, 3.05) is 0 Å². The van der Waals surface area contributed by atoms with Crippen LogP contribution in [-0.2, 0) is 16.1 Å². The molecule has 94 valence electrons. The molecule has 1 N–H and O–H groups in total. The summed E-state index contributed by atoms with van der Waals surface area (Å²) in [4.78, 5) is 36.1. The summed E-state index contributed by atoms with van der Waals surface area (Å²) in [5, 5.41) is 2.10. The lowest BCUT2D eigenvalue weighted by atomic mass is 10.2. The highest BCUT2D eigenvalue weighted by Crippen LogP contribution is 2.32. The van der Waals surface area contributed by atoms with Gasteiger partial charge in [-0.3, -0.25) is 19.8 Å². The van der Waals surface area contributed by atoms with E-state index in [1.807, 2.05) is 18.2 Å². The lowest BCUT2D eigenvalue weighted by Gasteiger charge is -2.32. The van der Waals surface area contributed by atoms with Gasteiger partial charge in [0.05, 0.1) is 6.54 Å². The second kappa shape index (κ2) is 4.81. The van der Waals surface area contributed by atoms with Gasteiger partial charge in [0.15, 0.2) is 0 Å². The number of amides is 4. The average Bonchev–Trinajstić information content (AvgIpc) is 2.34. The Hall–Kier alpha value is -1.21. The van der Waals surface area contributed by atoms with Gasteiger partial charge < -0.3 is 0 Å². The third-order valence-electron chi connectivity index (χ3n) is 2.45. The first-order valence-corrected chi connectivity index (χ1v) is 6.60. The summed E-state index contributed by atoms with van der Waals surface area (Å²) in [6.07, 6.45) is 0. The molecule has 18 heavy (non-hydrogen) atoms. The van der Waals surface area contributed by atoms with Crippen LogP contribution < -0.4 is 5.32 Å². The van der Waals surface area contributed by atoms with Gasteiger partial charge in [0.1, 0.15) is 0 Å². The Bertz CT molecular complexity index is 516. The summed E-state index contributed by atoms with van der Waals surface area (Å²) >= 11 is 5.93. The summed E-state index contributed by atoms with van der Waals surface area (Å²) < 4.78 is -1.58. The van der Waals surface area contributed by atoms with Crippen molar-refractivity contribution in [3.8, 4) is 0 Å². The summed E-state index contributed by atoms with van der Waals surface area (Å²) in [7, 11) is 0.